The number of fused-ring (bicyclic) bond motifs is 1. The molecule has 0 spiro atoms. The van der Waals surface area contributed by atoms with Crippen LogP contribution in [0.5, 0.6) is 0 Å². The van der Waals surface area contributed by atoms with Crippen LogP contribution in [0.25, 0.3) is 0 Å². The normalized spacial score (nSPS) is 26.9. The fourth-order valence-electron chi connectivity index (χ4n) is 6.12. The smallest absolute Gasteiger partial charge is 0.343 e. The van der Waals surface area contributed by atoms with Gasteiger partial charge in [0, 0.05) is 31.6 Å². The monoisotopic (exact) mass is 476 g/mol. The van der Waals surface area contributed by atoms with Crippen molar-refractivity contribution in [3.8, 4) is 0 Å². The van der Waals surface area contributed by atoms with E-state index in [1.165, 1.54) is 5.56 Å². The third-order valence-electron chi connectivity index (χ3n) is 8.20. The predicted octanol–water partition coefficient (Wildman–Crippen LogP) is 3.63. The van der Waals surface area contributed by atoms with Crippen LogP contribution >= 0.6 is 0 Å². The van der Waals surface area contributed by atoms with Gasteiger partial charge in [-0.2, -0.15) is 0 Å². The van der Waals surface area contributed by atoms with Crippen molar-refractivity contribution in [2.75, 3.05) is 13.1 Å². The van der Waals surface area contributed by atoms with Crippen LogP contribution < -0.4 is 5.32 Å². The minimum absolute atomic E-state index is 0.141. The Labute approximate surface area is 207 Å². The first-order valence-corrected chi connectivity index (χ1v) is 13.0. The van der Waals surface area contributed by atoms with Crippen molar-refractivity contribution in [1.82, 2.24) is 10.2 Å². The Morgan fingerprint density at radius 3 is 2.23 bits per heavy atom. The number of aliphatic hydroxyl groups is 1. The summed E-state index contributed by atoms with van der Waals surface area (Å²) >= 11 is 0. The number of rotatable bonds is 8. The highest BCUT2D eigenvalue weighted by molar-refractivity contribution is 5.87. The van der Waals surface area contributed by atoms with Crippen molar-refractivity contribution in [2.45, 2.75) is 63.3 Å². The summed E-state index contributed by atoms with van der Waals surface area (Å²) in [6, 6.07) is 19.6. The van der Waals surface area contributed by atoms with Crippen LogP contribution in [-0.4, -0.2) is 47.1 Å². The zero-order chi connectivity index (χ0) is 24.4. The van der Waals surface area contributed by atoms with E-state index in [4.69, 9.17) is 4.74 Å². The van der Waals surface area contributed by atoms with Gasteiger partial charge in [-0.05, 0) is 42.7 Å². The molecule has 35 heavy (non-hydrogen) atoms. The SMILES string of the molecule is CC(OC(=O)C(O)(c1ccccc1)C1CCCCC1)C(=O)NC1C2CN(Cc3ccccc3)CC21. The van der Waals surface area contributed by atoms with Crippen molar-refractivity contribution in [1.29, 1.82) is 0 Å². The third-order valence-corrected chi connectivity index (χ3v) is 8.20. The molecule has 0 radical (unpaired) electrons. The zero-order valence-corrected chi connectivity index (χ0v) is 20.4. The van der Waals surface area contributed by atoms with Gasteiger partial charge in [0.2, 0.25) is 0 Å². The first kappa shape index (κ1) is 24.0. The molecule has 2 aliphatic carbocycles. The van der Waals surface area contributed by atoms with Crippen molar-refractivity contribution in [2.24, 2.45) is 17.8 Å². The number of likely N-dealkylation sites (tertiary alicyclic amines) is 1. The van der Waals surface area contributed by atoms with E-state index < -0.39 is 17.7 Å². The summed E-state index contributed by atoms with van der Waals surface area (Å²) in [5.74, 6) is -0.308. The van der Waals surface area contributed by atoms with Crippen LogP contribution in [0.1, 0.15) is 50.2 Å². The van der Waals surface area contributed by atoms with Crippen molar-refractivity contribution in [3.63, 3.8) is 0 Å². The van der Waals surface area contributed by atoms with Gasteiger partial charge in [-0.25, -0.2) is 4.79 Å². The van der Waals surface area contributed by atoms with Gasteiger partial charge in [0.1, 0.15) is 0 Å². The molecule has 6 heteroatoms. The predicted molar refractivity (Wildman–Crippen MR) is 133 cm³/mol. The standard InChI is InChI=1S/C29H36N2O4/c1-20(27(32)30-26-24-18-31(19-25(24)26)17-21-11-5-2-6-12-21)35-28(33)29(34,22-13-7-3-8-14-22)23-15-9-4-10-16-23/h2-3,5-8,11-14,20,23-26,34H,4,9-10,15-19H2,1H3,(H,30,32). The van der Waals surface area contributed by atoms with Gasteiger partial charge in [0.15, 0.2) is 11.7 Å². The number of nitrogens with zero attached hydrogens (tertiary/aromatic N) is 1. The average Bonchev–Trinajstić information content (AvgIpc) is 3.32. The van der Waals surface area contributed by atoms with Crippen LogP contribution in [0.3, 0.4) is 0 Å². The highest BCUT2D eigenvalue weighted by Crippen LogP contribution is 2.46. The maximum Gasteiger partial charge on any atom is 0.343 e. The molecule has 5 rings (SSSR count). The van der Waals surface area contributed by atoms with Crippen molar-refractivity contribution in [3.05, 3.63) is 71.8 Å². The lowest BCUT2D eigenvalue weighted by atomic mass is 9.73. The number of piperidine rings is 1. The van der Waals surface area contributed by atoms with E-state index in [9.17, 15) is 14.7 Å². The first-order valence-electron chi connectivity index (χ1n) is 13.0. The number of hydrogen-bond acceptors (Lipinski definition) is 5. The molecular weight excluding hydrogens is 440 g/mol. The van der Waals surface area contributed by atoms with E-state index in [1.807, 2.05) is 24.3 Å². The number of amides is 1. The summed E-state index contributed by atoms with van der Waals surface area (Å²) in [6.07, 6.45) is 3.66. The van der Waals surface area contributed by atoms with Crippen LogP contribution in [0, 0.1) is 17.8 Å². The molecule has 4 unspecified atom stereocenters. The van der Waals surface area contributed by atoms with Gasteiger partial charge in [-0.15, -0.1) is 0 Å². The Morgan fingerprint density at radius 2 is 1.60 bits per heavy atom. The number of carbonyl (C=O) groups excluding carboxylic acids is 2. The highest BCUT2D eigenvalue weighted by atomic mass is 16.6. The zero-order valence-electron chi connectivity index (χ0n) is 20.4. The molecule has 1 amide bonds. The molecule has 1 saturated heterocycles. The molecule has 1 aliphatic heterocycles. The van der Waals surface area contributed by atoms with Gasteiger partial charge in [0.05, 0.1) is 0 Å². The Balaban J connectivity index is 1.16. The summed E-state index contributed by atoms with van der Waals surface area (Å²) in [5.41, 5.74) is 0.114. The van der Waals surface area contributed by atoms with Gasteiger partial charge >= 0.3 is 5.97 Å². The van der Waals surface area contributed by atoms with Crippen LogP contribution in [0.2, 0.25) is 0 Å². The lowest BCUT2D eigenvalue weighted by Gasteiger charge is -2.37. The molecule has 2 N–H and O–H groups in total. The number of hydrogen-bond donors (Lipinski definition) is 2. The van der Waals surface area contributed by atoms with Crippen LogP contribution in [-0.2, 0) is 26.5 Å². The van der Waals surface area contributed by atoms with Gasteiger partial charge < -0.3 is 15.2 Å². The molecule has 1 heterocycles. The van der Waals surface area contributed by atoms with E-state index in [1.54, 1.807) is 19.1 Å². The van der Waals surface area contributed by atoms with Gasteiger partial charge in [-0.3, -0.25) is 9.69 Å². The highest BCUT2D eigenvalue weighted by Gasteiger charge is 2.56. The molecule has 186 valence electrons. The molecule has 3 fully saturated rings. The fraction of sp³-hybridized carbons (Fsp3) is 0.517. The van der Waals surface area contributed by atoms with E-state index in [0.717, 1.165) is 51.7 Å². The number of esters is 1. The summed E-state index contributed by atoms with van der Waals surface area (Å²) < 4.78 is 5.62. The molecule has 0 aromatic heterocycles. The second-order valence-electron chi connectivity index (χ2n) is 10.6. The maximum absolute atomic E-state index is 13.3. The second kappa shape index (κ2) is 10.1. The summed E-state index contributed by atoms with van der Waals surface area (Å²) in [5, 5.41) is 14.8. The quantitative estimate of drug-likeness (QED) is 0.569. The van der Waals surface area contributed by atoms with Gasteiger partial charge in [0.25, 0.3) is 5.91 Å². The number of ether oxygens (including phenoxy) is 1. The number of carbonyl (C=O) groups is 2. The minimum atomic E-state index is -1.73. The largest absolute Gasteiger partial charge is 0.450 e. The molecule has 2 aromatic carbocycles. The molecule has 3 aliphatic rings. The first-order chi connectivity index (χ1) is 17.0. The fourth-order valence-corrected chi connectivity index (χ4v) is 6.12. The average molecular weight is 477 g/mol. The molecule has 4 atom stereocenters. The summed E-state index contributed by atoms with van der Waals surface area (Å²) in [4.78, 5) is 28.7. The number of nitrogens with one attached hydrogen (secondary N) is 1. The lowest BCUT2D eigenvalue weighted by molar-refractivity contribution is -0.182. The van der Waals surface area contributed by atoms with Crippen molar-refractivity contribution < 1.29 is 19.4 Å². The lowest BCUT2D eigenvalue weighted by Crippen LogP contribution is -2.48. The molecule has 2 aromatic rings. The Bertz CT molecular complexity index is 1010. The second-order valence-corrected chi connectivity index (χ2v) is 10.6. The van der Waals surface area contributed by atoms with E-state index in [0.29, 0.717) is 17.4 Å². The molecular formula is C29H36N2O4. The summed E-state index contributed by atoms with van der Waals surface area (Å²) in [7, 11) is 0. The minimum Gasteiger partial charge on any atom is -0.450 e. The molecule has 0 bridgehead atoms. The third kappa shape index (κ3) is 5.00. The van der Waals surface area contributed by atoms with E-state index >= 15 is 0 Å². The topological polar surface area (TPSA) is 78.9 Å². The van der Waals surface area contributed by atoms with Crippen LogP contribution in [0.4, 0.5) is 0 Å². The maximum atomic E-state index is 13.3. The van der Waals surface area contributed by atoms with Crippen molar-refractivity contribution >= 4 is 11.9 Å². The Kier molecular flexibility index (Phi) is 6.94. The molecule has 6 nitrogen and oxygen atoms in total. The number of benzene rings is 2. The van der Waals surface area contributed by atoms with Gasteiger partial charge in [-0.1, -0.05) is 79.9 Å². The molecule has 2 saturated carbocycles. The summed E-state index contributed by atoms with van der Waals surface area (Å²) in [6.45, 7) is 4.46. The van der Waals surface area contributed by atoms with E-state index in [2.05, 4.69) is 34.5 Å². The Morgan fingerprint density at radius 1 is 1.00 bits per heavy atom. The van der Waals surface area contributed by atoms with E-state index in [-0.39, 0.29) is 17.9 Å². The van der Waals surface area contributed by atoms with Crippen LogP contribution in [0.15, 0.2) is 60.7 Å². The Hall–Kier alpha value is -2.70.